The fourth-order valence-electron chi connectivity index (χ4n) is 4.64. The molecule has 1 fully saturated rings. The van der Waals surface area contributed by atoms with Crippen LogP contribution in [0.4, 0.5) is 5.69 Å². The monoisotopic (exact) mass is 542 g/mol. The topological polar surface area (TPSA) is 101 Å². The van der Waals surface area contributed by atoms with Gasteiger partial charge in [-0.05, 0) is 59.7 Å². The molecule has 1 heterocycles. The number of aryl methyl sites for hydroxylation is 1. The number of carbonyl (C=O) groups excluding carboxylic acids is 3. The molecule has 1 saturated heterocycles. The summed E-state index contributed by atoms with van der Waals surface area (Å²) in [6, 6.07) is 24.3. The Morgan fingerprint density at radius 3 is 2.26 bits per heavy atom. The smallest absolute Gasteiger partial charge is 0.308 e. The number of nitrogens with zero attached hydrogens (tertiary/aromatic N) is 2. The number of carbonyl (C=O) groups is 3. The van der Waals surface area contributed by atoms with E-state index < -0.39 is 33.8 Å². The van der Waals surface area contributed by atoms with Crippen LogP contribution in [-0.4, -0.2) is 36.5 Å². The number of esters is 1. The fraction of sp³-hybridized carbons (Fsp3) is 0.167. The first-order valence-corrected chi connectivity index (χ1v) is 13.8. The van der Waals surface area contributed by atoms with Crippen molar-refractivity contribution in [2.45, 2.75) is 37.8 Å². The van der Waals surface area contributed by atoms with Gasteiger partial charge < -0.3 is 4.74 Å². The lowest BCUT2D eigenvalue weighted by atomic mass is 10.1. The molecule has 0 bridgehead atoms. The third-order valence-corrected chi connectivity index (χ3v) is 8.46. The summed E-state index contributed by atoms with van der Waals surface area (Å²) in [7, 11) is -4.19. The van der Waals surface area contributed by atoms with Gasteiger partial charge in [0, 0.05) is 13.5 Å². The number of sulfonamides is 1. The maximum atomic E-state index is 14.1. The maximum Gasteiger partial charge on any atom is 0.308 e. The minimum atomic E-state index is -4.19. The van der Waals surface area contributed by atoms with E-state index in [9.17, 15) is 22.8 Å². The Bertz CT molecular complexity index is 1680. The molecule has 9 heteroatoms. The van der Waals surface area contributed by atoms with Gasteiger partial charge in [-0.2, -0.15) is 4.31 Å². The number of amides is 2. The number of imide groups is 1. The highest BCUT2D eigenvalue weighted by Crippen LogP contribution is 2.32. The molecule has 4 aromatic rings. The van der Waals surface area contributed by atoms with E-state index in [4.69, 9.17) is 4.74 Å². The largest absolute Gasteiger partial charge is 0.427 e. The van der Waals surface area contributed by atoms with Crippen LogP contribution in [0.3, 0.4) is 0 Å². The normalized spacial score (nSPS) is 15.8. The summed E-state index contributed by atoms with van der Waals surface area (Å²) in [6.07, 6.45) is -0.302. The second-order valence-corrected chi connectivity index (χ2v) is 11.3. The van der Waals surface area contributed by atoms with Crippen molar-refractivity contribution in [2.24, 2.45) is 0 Å². The van der Waals surface area contributed by atoms with E-state index in [0.717, 1.165) is 25.5 Å². The van der Waals surface area contributed by atoms with Crippen molar-refractivity contribution in [1.82, 2.24) is 4.31 Å². The summed E-state index contributed by atoms with van der Waals surface area (Å²) in [5.41, 5.74) is 1.97. The van der Waals surface area contributed by atoms with Gasteiger partial charge in [-0.15, -0.1) is 0 Å². The standard InChI is InChI=1S/C30H26N2O6S/c1-20-7-9-22(10-8-20)19-31(39(36,37)27-16-11-23-5-3-4-6-24(23)17-27)28-18-29(34)32(30(28)35)25-12-14-26(15-13-25)38-21(2)33/h3-17,28H,18-19H2,1-2H3. The number of ether oxygens (including phenoxy) is 1. The minimum absolute atomic E-state index is 0.0396. The highest BCUT2D eigenvalue weighted by Gasteiger charge is 2.47. The van der Waals surface area contributed by atoms with Gasteiger partial charge in [0.05, 0.1) is 17.0 Å². The molecule has 1 aliphatic rings. The Hall–Kier alpha value is -4.34. The summed E-state index contributed by atoms with van der Waals surface area (Å²) < 4.78 is 34.3. The lowest BCUT2D eigenvalue weighted by molar-refractivity contribution is -0.132. The molecule has 198 valence electrons. The van der Waals surface area contributed by atoms with Crippen molar-refractivity contribution in [3.8, 4) is 5.75 Å². The van der Waals surface area contributed by atoms with Crippen molar-refractivity contribution >= 4 is 44.3 Å². The second-order valence-electron chi connectivity index (χ2n) is 9.42. The van der Waals surface area contributed by atoms with E-state index in [1.165, 1.54) is 37.3 Å². The summed E-state index contributed by atoms with van der Waals surface area (Å²) >= 11 is 0. The number of anilines is 1. The molecule has 2 amide bonds. The highest BCUT2D eigenvalue weighted by atomic mass is 32.2. The first-order chi connectivity index (χ1) is 18.6. The van der Waals surface area contributed by atoms with Gasteiger partial charge in [0.15, 0.2) is 0 Å². The predicted molar refractivity (Wildman–Crippen MR) is 147 cm³/mol. The molecule has 0 aliphatic carbocycles. The Kier molecular flexibility index (Phi) is 7.03. The van der Waals surface area contributed by atoms with Gasteiger partial charge in [-0.1, -0.05) is 60.2 Å². The SMILES string of the molecule is CC(=O)Oc1ccc(N2C(=O)CC(N(Cc3ccc(C)cc3)S(=O)(=O)c3ccc4ccccc4c3)C2=O)cc1. The Labute approximate surface area is 226 Å². The van der Waals surface area contributed by atoms with Crippen LogP contribution in [0.1, 0.15) is 24.5 Å². The Morgan fingerprint density at radius 1 is 0.923 bits per heavy atom. The molecule has 5 rings (SSSR count). The lowest BCUT2D eigenvalue weighted by Gasteiger charge is -2.27. The van der Waals surface area contributed by atoms with Gasteiger partial charge >= 0.3 is 5.97 Å². The molecule has 8 nitrogen and oxygen atoms in total. The third kappa shape index (κ3) is 5.32. The molecular formula is C30H26N2O6S. The molecule has 0 aromatic heterocycles. The van der Waals surface area contributed by atoms with Crippen molar-refractivity contribution in [3.05, 3.63) is 102 Å². The zero-order valence-corrected chi connectivity index (χ0v) is 22.2. The summed E-state index contributed by atoms with van der Waals surface area (Å²) in [6.45, 7) is 3.11. The second kappa shape index (κ2) is 10.4. The molecule has 4 aromatic carbocycles. The molecule has 39 heavy (non-hydrogen) atoms. The van der Waals surface area contributed by atoms with E-state index in [1.54, 1.807) is 12.1 Å². The van der Waals surface area contributed by atoms with Gasteiger partial charge in [0.1, 0.15) is 11.8 Å². The summed E-state index contributed by atoms with van der Waals surface area (Å²) in [5.74, 6) is -1.40. The molecule has 1 atom stereocenters. The van der Waals surface area contributed by atoms with E-state index in [1.807, 2.05) is 55.5 Å². The predicted octanol–water partition coefficient (Wildman–Crippen LogP) is 4.60. The first kappa shape index (κ1) is 26.3. The van der Waals surface area contributed by atoms with E-state index in [0.29, 0.717) is 5.56 Å². The highest BCUT2D eigenvalue weighted by molar-refractivity contribution is 7.89. The average molecular weight is 543 g/mol. The molecule has 1 aliphatic heterocycles. The molecule has 0 spiro atoms. The van der Waals surface area contributed by atoms with Crippen LogP contribution >= 0.6 is 0 Å². The maximum absolute atomic E-state index is 14.1. The number of benzene rings is 4. The van der Waals surface area contributed by atoms with Crippen LogP contribution < -0.4 is 9.64 Å². The van der Waals surface area contributed by atoms with E-state index in [-0.39, 0.29) is 29.3 Å². The van der Waals surface area contributed by atoms with Crippen LogP contribution in [0.5, 0.6) is 5.75 Å². The van der Waals surface area contributed by atoms with E-state index in [2.05, 4.69) is 0 Å². The van der Waals surface area contributed by atoms with Gasteiger partial charge in [-0.3, -0.25) is 14.4 Å². The quantitative estimate of drug-likeness (QED) is 0.192. The number of fused-ring (bicyclic) bond motifs is 1. The number of hydrogen-bond acceptors (Lipinski definition) is 6. The molecular weight excluding hydrogens is 516 g/mol. The van der Waals surface area contributed by atoms with Crippen LogP contribution in [0.25, 0.3) is 10.8 Å². The van der Waals surface area contributed by atoms with Crippen molar-refractivity contribution in [2.75, 3.05) is 4.90 Å². The summed E-state index contributed by atoms with van der Waals surface area (Å²) in [4.78, 5) is 39.0. The molecule has 1 unspecified atom stereocenters. The molecule has 0 N–H and O–H groups in total. The van der Waals surface area contributed by atoms with Crippen LogP contribution in [0, 0.1) is 6.92 Å². The van der Waals surface area contributed by atoms with Crippen molar-refractivity contribution in [3.63, 3.8) is 0 Å². The zero-order chi connectivity index (χ0) is 27.7. The lowest BCUT2D eigenvalue weighted by Crippen LogP contribution is -2.45. The van der Waals surface area contributed by atoms with Crippen molar-refractivity contribution < 1.29 is 27.5 Å². The zero-order valence-electron chi connectivity index (χ0n) is 21.4. The average Bonchev–Trinajstić information content (AvgIpc) is 3.21. The van der Waals surface area contributed by atoms with Crippen LogP contribution in [0.2, 0.25) is 0 Å². The Balaban J connectivity index is 1.53. The molecule has 0 saturated carbocycles. The third-order valence-electron chi connectivity index (χ3n) is 6.61. The molecule has 0 radical (unpaired) electrons. The van der Waals surface area contributed by atoms with Crippen LogP contribution in [-0.2, 0) is 31.0 Å². The van der Waals surface area contributed by atoms with E-state index >= 15 is 0 Å². The first-order valence-electron chi connectivity index (χ1n) is 12.3. The Morgan fingerprint density at radius 2 is 1.59 bits per heavy atom. The number of hydrogen-bond donors (Lipinski definition) is 0. The van der Waals surface area contributed by atoms with Gasteiger partial charge in [0.25, 0.3) is 5.91 Å². The minimum Gasteiger partial charge on any atom is -0.427 e. The number of rotatable bonds is 7. The summed E-state index contributed by atoms with van der Waals surface area (Å²) in [5, 5.41) is 1.63. The fourth-order valence-corrected chi connectivity index (χ4v) is 6.25. The van der Waals surface area contributed by atoms with Gasteiger partial charge in [-0.25, -0.2) is 13.3 Å². The van der Waals surface area contributed by atoms with Crippen molar-refractivity contribution in [1.29, 1.82) is 0 Å². The van der Waals surface area contributed by atoms with Crippen LogP contribution in [0.15, 0.2) is 95.9 Å². The van der Waals surface area contributed by atoms with Gasteiger partial charge in [0.2, 0.25) is 15.9 Å².